The van der Waals surface area contributed by atoms with Crippen molar-refractivity contribution < 1.29 is 44.6 Å². The fourth-order valence-corrected chi connectivity index (χ4v) is 2.24. The number of aliphatic hydroxyl groups is 1. The molecule has 1 aromatic carbocycles. The average molecular weight is 396 g/mol. The zero-order valence-corrected chi connectivity index (χ0v) is 13.7. The molecule has 0 saturated carbocycles. The Bertz CT molecular complexity index is 591. The van der Waals surface area contributed by atoms with Crippen molar-refractivity contribution in [3.8, 4) is 0 Å². The highest BCUT2D eigenvalue weighted by molar-refractivity contribution is 5.25. The van der Waals surface area contributed by atoms with E-state index in [0.29, 0.717) is 6.42 Å². The summed E-state index contributed by atoms with van der Waals surface area (Å²) in [5.41, 5.74) is 0.444. The maximum atomic E-state index is 13.5. The molecule has 0 spiro atoms. The van der Waals surface area contributed by atoms with Crippen LogP contribution < -0.4 is 0 Å². The molecule has 0 aliphatic rings. The molecule has 1 rings (SSSR count). The summed E-state index contributed by atoms with van der Waals surface area (Å²) in [6.45, 7) is 3.79. The Morgan fingerprint density at radius 2 is 1.27 bits per heavy atom. The third kappa shape index (κ3) is 4.44. The minimum absolute atomic E-state index is 0.249. The lowest BCUT2D eigenvalue weighted by Crippen LogP contribution is -2.61. The first-order chi connectivity index (χ1) is 11.5. The molecule has 0 saturated heterocycles. The smallest absolute Gasteiger partial charge is 0.388 e. The van der Waals surface area contributed by atoms with Gasteiger partial charge in [0.15, 0.2) is 0 Å². The standard InChI is InChI=1S/C16H17F9O/c1-9(2)7-10-3-5-11(6-4-10)12(26)8-13(17,18)14(19,20)15(21,22)16(23,24)25/h3-6,9,12,26H,7-8H2,1-2H3. The molecule has 0 amide bonds. The third-order valence-electron chi connectivity index (χ3n) is 3.67. The van der Waals surface area contributed by atoms with Gasteiger partial charge in [-0.2, -0.15) is 39.5 Å². The molecule has 0 aliphatic heterocycles. The van der Waals surface area contributed by atoms with Crippen LogP contribution in [0.25, 0.3) is 0 Å². The third-order valence-corrected chi connectivity index (χ3v) is 3.67. The Balaban J connectivity index is 3.01. The second-order valence-electron chi connectivity index (χ2n) is 6.41. The topological polar surface area (TPSA) is 20.2 Å². The van der Waals surface area contributed by atoms with Crippen LogP contribution in [0.4, 0.5) is 39.5 Å². The van der Waals surface area contributed by atoms with Crippen LogP contribution in [-0.4, -0.2) is 29.1 Å². The molecule has 0 aliphatic carbocycles. The molecule has 1 unspecified atom stereocenters. The summed E-state index contributed by atoms with van der Waals surface area (Å²) < 4.78 is 115. The van der Waals surface area contributed by atoms with Crippen molar-refractivity contribution in [2.75, 3.05) is 0 Å². The van der Waals surface area contributed by atoms with Crippen LogP contribution in [0.1, 0.15) is 37.5 Å². The van der Waals surface area contributed by atoms with Crippen LogP contribution in [0.5, 0.6) is 0 Å². The molecule has 1 aromatic rings. The van der Waals surface area contributed by atoms with E-state index < -0.39 is 36.5 Å². The lowest BCUT2D eigenvalue weighted by Gasteiger charge is -2.34. The highest BCUT2D eigenvalue weighted by Gasteiger charge is 2.81. The van der Waals surface area contributed by atoms with E-state index in [1.54, 1.807) is 0 Å². The van der Waals surface area contributed by atoms with Crippen LogP contribution in [0.2, 0.25) is 0 Å². The molecule has 0 radical (unpaired) electrons. The monoisotopic (exact) mass is 396 g/mol. The Hall–Kier alpha value is -1.45. The Labute approximate surface area is 143 Å². The zero-order chi connectivity index (χ0) is 20.6. The first kappa shape index (κ1) is 22.6. The van der Waals surface area contributed by atoms with Gasteiger partial charge in [0.2, 0.25) is 0 Å². The number of hydrogen-bond acceptors (Lipinski definition) is 1. The summed E-state index contributed by atoms with van der Waals surface area (Å²) >= 11 is 0. The van der Waals surface area contributed by atoms with E-state index in [1.807, 2.05) is 13.8 Å². The largest absolute Gasteiger partial charge is 0.460 e. The molecule has 1 atom stereocenters. The van der Waals surface area contributed by atoms with Gasteiger partial charge in [0.25, 0.3) is 0 Å². The highest BCUT2D eigenvalue weighted by atomic mass is 19.4. The number of halogens is 9. The van der Waals surface area contributed by atoms with Crippen LogP contribution in [0.15, 0.2) is 24.3 Å². The van der Waals surface area contributed by atoms with Crippen molar-refractivity contribution >= 4 is 0 Å². The summed E-state index contributed by atoms with van der Waals surface area (Å²) in [4.78, 5) is 0. The summed E-state index contributed by atoms with van der Waals surface area (Å²) in [6, 6.07) is 5.08. The SMILES string of the molecule is CC(C)Cc1ccc(C(O)CC(F)(F)C(F)(F)C(F)(F)C(F)(F)F)cc1. The molecular weight excluding hydrogens is 379 g/mol. The second kappa shape index (κ2) is 7.28. The van der Waals surface area contributed by atoms with Gasteiger partial charge in [0.1, 0.15) is 0 Å². The summed E-state index contributed by atoms with van der Waals surface area (Å²) in [6.07, 6.45) is -10.9. The van der Waals surface area contributed by atoms with Gasteiger partial charge in [0.05, 0.1) is 6.10 Å². The fraction of sp³-hybridized carbons (Fsp3) is 0.625. The minimum Gasteiger partial charge on any atom is -0.388 e. The van der Waals surface area contributed by atoms with E-state index in [1.165, 1.54) is 12.1 Å². The van der Waals surface area contributed by atoms with Gasteiger partial charge in [-0.1, -0.05) is 38.1 Å². The van der Waals surface area contributed by atoms with Gasteiger partial charge in [0, 0.05) is 6.42 Å². The quantitative estimate of drug-likeness (QED) is 0.580. The molecule has 10 heteroatoms. The van der Waals surface area contributed by atoms with Crippen LogP contribution in [0.3, 0.4) is 0 Å². The first-order valence-electron chi connectivity index (χ1n) is 7.50. The molecule has 26 heavy (non-hydrogen) atoms. The van der Waals surface area contributed by atoms with Crippen molar-refractivity contribution in [1.29, 1.82) is 0 Å². The average Bonchev–Trinajstić information content (AvgIpc) is 2.45. The summed E-state index contributed by atoms with van der Waals surface area (Å²) in [5.74, 6) is -19.2. The lowest BCUT2D eigenvalue weighted by molar-refractivity contribution is -0.398. The van der Waals surface area contributed by atoms with Crippen molar-refractivity contribution in [2.24, 2.45) is 5.92 Å². The molecule has 1 nitrogen and oxygen atoms in total. The normalized spacial score (nSPS) is 15.4. The molecule has 0 heterocycles. The van der Waals surface area contributed by atoms with E-state index in [4.69, 9.17) is 0 Å². The van der Waals surface area contributed by atoms with Crippen molar-refractivity contribution in [1.82, 2.24) is 0 Å². The number of hydrogen-bond donors (Lipinski definition) is 1. The van der Waals surface area contributed by atoms with Gasteiger partial charge in [-0.15, -0.1) is 0 Å². The zero-order valence-electron chi connectivity index (χ0n) is 13.7. The molecule has 0 fully saturated rings. The maximum Gasteiger partial charge on any atom is 0.460 e. The minimum atomic E-state index is -6.95. The number of benzene rings is 1. The Morgan fingerprint density at radius 1 is 0.808 bits per heavy atom. The van der Waals surface area contributed by atoms with E-state index in [9.17, 15) is 44.6 Å². The lowest BCUT2D eigenvalue weighted by atomic mass is 9.94. The molecule has 0 aromatic heterocycles. The van der Waals surface area contributed by atoms with Gasteiger partial charge in [-0.25, -0.2) is 0 Å². The fourth-order valence-electron chi connectivity index (χ4n) is 2.24. The first-order valence-corrected chi connectivity index (χ1v) is 7.50. The highest BCUT2D eigenvalue weighted by Crippen LogP contribution is 2.55. The van der Waals surface area contributed by atoms with Gasteiger partial charge in [-0.05, 0) is 23.5 Å². The van der Waals surface area contributed by atoms with Crippen molar-refractivity contribution in [3.63, 3.8) is 0 Å². The van der Waals surface area contributed by atoms with Gasteiger partial charge >= 0.3 is 23.9 Å². The molecular formula is C16H17F9O. The number of aliphatic hydroxyl groups excluding tert-OH is 1. The van der Waals surface area contributed by atoms with E-state index in [2.05, 4.69) is 0 Å². The predicted molar refractivity (Wildman–Crippen MR) is 75.5 cm³/mol. The van der Waals surface area contributed by atoms with Crippen LogP contribution >= 0.6 is 0 Å². The van der Waals surface area contributed by atoms with E-state index >= 15 is 0 Å². The number of alkyl halides is 9. The summed E-state index contributed by atoms with van der Waals surface area (Å²) in [7, 11) is 0. The van der Waals surface area contributed by atoms with Crippen LogP contribution in [0, 0.1) is 5.92 Å². The van der Waals surface area contributed by atoms with Gasteiger partial charge < -0.3 is 5.11 Å². The summed E-state index contributed by atoms with van der Waals surface area (Å²) in [5, 5.41) is 9.62. The van der Waals surface area contributed by atoms with Crippen molar-refractivity contribution in [3.05, 3.63) is 35.4 Å². The van der Waals surface area contributed by atoms with E-state index in [0.717, 1.165) is 17.7 Å². The van der Waals surface area contributed by atoms with Gasteiger partial charge in [-0.3, -0.25) is 0 Å². The Kier molecular flexibility index (Phi) is 6.33. The predicted octanol–water partition coefficient (Wildman–Crippen LogP) is 5.78. The molecule has 0 bridgehead atoms. The van der Waals surface area contributed by atoms with Crippen LogP contribution in [-0.2, 0) is 6.42 Å². The maximum absolute atomic E-state index is 13.5. The van der Waals surface area contributed by atoms with E-state index in [-0.39, 0.29) is 11.5 Å². The number of rotatable bonds is 7. The second-order valence-corrected chi connectivity index (χ2v) is 6.41. The van der Waals surface area contributed by atoms with Crippen molar-refractivity contribution in [2.45, 2.75) is 56.7 Å². The molecule has 150 valence electrons. The Morgan fingerprint density at radius 3 is 1.65 bits per heavy atom. The molecule has 1 N–H and O–H groups in total.